The van der Waals surface area contributed by atoms with E-state index in [1.165, 1.54) is 0 Å². The zero-order valence-electron chi connectivity index (χ0n) is 8.10. The first kappa shape index (κ1) is 9.98. The zero-order valence-corrected chi connectivity index (χ0v) is 8.99. The number of benzene rings is 1. The SMILES string of the molecule is COc1ccc2nc(S)c(C=O)cc2c1. The van der Waals surface area contributed by atoms with Gasteiger partial charge in [-0.2, -0.15) is 0 Å². The highest BCUT2D eigenvalue weighted by molar-refractivity contribution is 7.80. The van der Waals surface area contributed by atoms with Crippen LogP contribution in [-0.4, -0.2) is 18.4 Å². The van der Waals surface area contributed by atoms with Crippen LogP contribution in [0.25, 0.3) is 10.9 Å². The van der Waals surface area contributed by atoms with Gasteiger partial charge in [0.1, 0.15) is 10.8 Å². The van der Waals surface area contributed by atoms with Crippen molar-refractivity contribution in [1.82, 2.24) is 4.98 Å². The van der Waals surface area contributed by atoms with Gasteiger partial charge in [-0.05, 0) is 24.3 Å². The van der Waals surface area contributed by atoms with E-state index in [2.05, 4.69) is 17.6 Å². The number of fused-ring (bicyclic) bond motifs is 1. The second kappa shape index (κ2) is 3.90. The molecule has 76 valence electrons. The Morgan fingerprint density at radius 1 is 1.40 bits per heavy atom. The van der Waals surface area contributed by atoms with Crippen LogP contribution in [0, 0.1) is 0 Å². The Balaban J connectivity index is 2.71. The predicted octanol–water partition coefficient (Wildman–Crippen LogP) is 2.34. The Morgan fingerprint density at radius 3 is 2.87 bits per heavy atom. The molecule has 0 unspecified atom stereocenters. The Bertz CT molecular complexity index is 525. The van der Waals surface area contributed by atoms with Gasteiger partial charge in [0.15, 0.2) is 6.29 Å². The summed E-state index contributed by atoms with van der Waals surface area (Å²) in [4.78, 5) is 14.9. The van der Waals surface area contributed by atoms with Crippen molar-refractivity contribution < 1.29 is 9.53 Å². The second-order valence-corrected chi connectivity index (χ2v) is 3.50. The van der Waals surface area contributed by atoms with Gasteiger partial charge in [-0.3, -0.25) is 4.79 Å². The highest BCUT2D eigenvalue weighted by Gasteiger charge is 2.03. The van der Waals surface area contributed by atoms with E-state index in [4.69, 9.17) is 4.74 Å². The van der Waals surface area contributed by atoms with Crippen LogP contribution in [-0.2, 0) is 0 Å². The van der Waals surface area contributed by atoms with Crippen LogP contribution in [0.2, 0.25) is 0 Å². The number of carbonyl (C=O) groups excluding carboxylic acids is 1. The molecule has 0 aliphatic carbocycles. The Labute approximate surface area is 92.5 Å². The van der Waals surface area contributed by atoms with Gasteiger partial charge in [-0.15, -0.1) is 12.6 Å². The molecule has 0 aliphatic rings. The molecule has 0 spiro atoms. The first-order valence-corrected chi connectivity index (χ1v) is 4.82. The van der Waals surface area contributed by atoms with Crippen LogP contribution in [0.5, 0.6) is 5.75 Å². The standard InChI is InChI=1S/C11H9NO2S/c1-14-9-2-3-10-7(5-9)4-8(6-13)11(15)12-10/h2-6H,1H3,(H,12,15). The maximum absolute atomic E-state index is 10.7. The third kappa shape index (κ3) is 1.80. The summed E-state index contributed by atoms with van der Waals surface area (Å²) in [7, 11) is 1.60. The fraction of sp³-hybridized carbons (Fsp3) is 0.0909. The first-order chi connectivity index (χ1) is 7.24. The van der Waals surface area contributed by atoms with E-state index in [0.717, 1.165) is 22.9 Å². The molecule has 0 atom stereocenters. The van der Waals surface area contributed by atoms with E-state index in [0.29, 0.717) is 10.6 Å². The number of methoxy groups -OCH3 is 1. The van der Waals surface area contributed by atoms with Crippen LogP contribution in [0.1, 0.15) is 10.4 Å². The molecule has 1 aromatic carbocycles. The average Bonchev–Trinajstić information content (AvgIpc) is 2.27. The van der Waals surface area contributed by atoms with Crippen molar-refractivity contribution in [3.8, 4) is 5.75 Å². The number of hydrogen-bond acceptors (Lipinski definition) is 4. The fourth-order valence-electron chi connectivity index (χ4n) is 1.37. The molecular formula is C11H9NO2S. The minimum atomic E-state index is 0.447. The molecule has 2 aromatic rings. The predicted molar refractivity (Wildman–Crippen MR) is 60.9 cm³/mol. The van der Waals surface area contributed by atoms with Crippen molar-refractivity contribution in [2.45, 2.75) is 5.03 Å². The van der Waals surface area contributed by atoms with Crippen LogP contribution in [0.15, 0.2) is 29.3 Å². The lowest BCUT2D eigenvalue weighted by molar-refractivity contribution is 0.112. The van der Waals surface area contributed by atoms with Crippen LogP contribution in [0.3, 0.4) is 0 Å². The minimum absolute atomic E-state index is 0.447. The molecule has 0 bridgehead atoms. The van der Waals surface area contributed by atoms with Gasteiger partial charge in [0.2, 0.25) is 0 Å². The lowest BCUT2D eigenvalue weighted by atomic mass is 10.1. The molecule has 4 heteroatoms. The molecule has 1 heterocycles. The van der Waals surface area contributed by atoms with E-state index in [9.17, 15) is 4.79 Å². The van der Waals surface area contributed by atoms with Gasteiger partial charge in [0, 0.05) is 10.9 Å². The summed E-state index contributed by atoms with van der Waals surface area (Å²) in [6.07, 6.45) is 0.744. The van der Waals surface area contributed by atoms with Gasteiger partial charge in [0.25, 0.3) is 0 Å². The number of carbonyl (C=O) groups is 1. The second-order valence-electron chi connectivity index (χ2n) is 3.08. The lowest BCUT2D eigenvalue weighted by Gasteiger charge is -2.03. The van der Waals surface area contributed by atoms with Gasteiger partial charge in [-0.25, -0.2) is 4.98 Å². The van der Waals surface area contributed by atoms with Crippen LogP contribution < -0.4 is 4.74 Å². The zero-order chi connectivity index (χ0) is 10.8. The first-order valence-electron chi connectivity index (χ1n) is 4.37. The largest absolute Gasteiger partial charge is 0.497 e. The summed E-state index contributed by atoms with van der Waals surface area (Å²) in [6.45, 7) is 0. The van der Waals surface area contributed by atoms with Gasteiger partial charge in [0.05, 0.1) is 12.6 Å². The number of hydrogen-bond donors (Lipinski definition) is 1. The molecule has 0 amide bonds. The molecule has 2 rings (SSSR count). The topological polar surface area (TPSA) is 39.2 Å². The summed E-state index contributed by atoms with van der Waals surface area (Å²) in [6, 6.07) is 7.24. The highest BCUT2D eigenvalue weighted by atomic mass is 32.1. The van der Waals surface area contributed by atoms with Gasteiger partial charge >= 0.3 is 0 Å². The molecular weight excluding hydrogens is 210 g/mol. The van der Waals surface area contributed by atoms with Crippen molar-refractivity contribution >= 4 is 29.8 Å². The van der Waals surface area contributed by atoms with E-state index >= 15 is 0 Å². The summed E-state index contributed by atoms with van der Waals surface area (Å²) in [5.74, 6) is 0.744. The van der Waals surface area contributed by atoms with Gasteiger partial charge in [-0.1, -0.05) is 0 Å². The molecule has 3 nitrogen and oxygen atoms in total. The molecule has 0 aliphatic heterocycles. The monoisotopic (exact) mass is 219 g/mol. The molecule has 15 heavy (non-hydrogen) atoms. The quantitative estimate of drug-likeness (QED) is 0.622. The highest BCUT2D eigenvalue weighted by Crippen LogP contribution is 2.22. The molecule has 1 aromatic heterocycles. The van der Waals surface area contributed by atoms with E-state index in [1.54, 1.807) is 13.2 Å². The summed E-state index contributed by atoms with van der Waals surface area (Å²) >= 11 is 4.13. The third-order valence-electron chi connectivity index (χ3n) is 2.16. The number of pyridine rings is 1. The molecule has 0 saturated heterocycles. The van der Waals surface area contributed by atoms with Crippen LogP contribution in [0.4, 0.5) is 0 Å². The number of rotatable bonds is 2. The maximum Gasteiger partial charge on any atom is 0.152 e. The van der Waals surface area contributed by atoms with E-state index in [-0.39, 0.29) is 0 Å². The van der Waals surface area contributed by atoms with E-state index < -0.39 is 0 Å². The average molecular weight is 219 g/mol. The molecule has 0 N–H and O–H groups in total. The number of ether oxygens (including phenoxy) is 1. The van der Waals surface area contributed by atoms with Crippen LogP contribution >= 0.6 is 12.6 Å². The van der Waals surface area contributed by atoms with E-state index in [1.807, 2.05) is 18.2 Å². The summed E-state index contributed by atoms with van der Waals surface area (Å²) in [5, 5.41) is 1.32. The van der Waals surface area contributed by atoms with Crippen molar-refractivity contribution in [2.75, 3.05) is 7.11 Å². The Morgan fingerprint density at radius 2 is 2.20 bits per heavy atom. The van der Waals surface area contributed by atoms with Crippen molar-refractivity contribution in [2.24, 2.45) is 0 Å². The van der Waals surface area contributed by atoms with Crippen molar-refractivity contribution in [3.63, 3.8) is 0 Å². The number of aromatic nitrogens is 1. The maximum atomic E-state index is 10.7. The van der Waals surface area contributed by atoms with Crippen molar-refractivity contribution in [3.05, 3.63) is 29.8 Å². The lowest BCUT2D eigenvalue weighted by Crippen LogP contribution is -1.90. The summed E-state index contributed by atoms with van der Waals surface area (Å²) < 4.78 is 5.09. The smallest absolute Gasteiger partial charge is 0.152 e. The van der Waals surface area contributed by atoms with Crippen molar-refractivity contribution in [1.29, 1.82) is 0 Å². The molecule has 0 fully saturated rings. The number of aldehydes is 1. The minimum Gasteiger partial charge on any atom is -0.497 e. The number of nitrogens with zero attached hydrogens (tertiary/aromatic N) is 1. The molecule has 0 radical (unpaired) electrons. The molecule has 0 saturated carbocycles. The number of thiol groups is 1. The normalized spacial score (nSPS) is 10.3. The summed E-state index contributed by atoms with van der Waals surface area (Å²) in [5.41, 5.74) is 1.28. The Hall–Kier alpha value is -1.55. The fourth-order valence-corrected chi connectivity index (χ4v) is 1.60. The Kier molecular flexibility index (Phi) is 2.60. The third-order valence-corrected chi connectivity index (χ3v) is 2.52. The van der Waals surface area contributed by atoms with Gasteiger partial charge < -0.3 is 4.74 Å².